The summed E-state index contributed by atoms with van der Waals surface area (Å²) < 4.78 is 35.9. The van der Waals surface area contributed by atoms with E-state index >= 15 is 0 Å². The van der Waals surface area contributed by atoms with Gasteiger partial charge in [-0.15, -0.1) is 11.3 Å². The van der Waals surface area contributed by atoms with Gasteiger partial charge < -0.3 is 4.74 Å². The lowest BCUT2D eigenvalue weighted by Crippen LogP contribution is -2.14. The fourth-order valence-corrected chi connectivity index (χ4v) is 5.11. The van der Waals surface area contributed by atoms with Crippen LogP contribution >= 0.6 is 27.3 Å². The van der Waals surface area contributed by atoms with Crippen LogP contribution in [-0.2, 0) is 10.0 Å². The average Bonchev–Trinajstić information content (AvgIpc) is 3.24. The minimum absolute atomic E-state index is 0.0674. The molecule has 9 heteroatoms. The topological polar surface area (TPSA) is 72.7 Å². The molecule has 0 fully saturated rings. The van der Waals surface area contributed by atoms with Gasteiger partial charge in [-0.05, 0) is 30.3 Å². The molecule has 0 aliphatic carbocycles. The number of thiazole rings is 1. The molecule has 0 aliphatic rings. The number of anilines is 1. The van der Waals surface area contributed by atoms with Crippen LogP contribution in [0.15, 0.2) is 69.6 Å². The lowest BCUT2D eigenvalue weighted by molar-refractivity contribution is 0.403. The van der Waals surface area contributed by atoms with Crippen LogP contribution < -0.4 is 9.46 Å². The third-order valence-corrected chi connectivity index (χ3v) is 6.61. The van der Waals surface area contributed by atoms with E-state index in [0.29, 0.717) is 10.2 Å². The van der Waals surface area contributed by atoms with Gasteiger partial charge in [0.25, 0.3) is 10.0 Å². The maximum absolute atomic E-state index is 12.7. The van der Waals surface area contributed by atoms with Gasteiger partial charge in [0.1, 0.15) is 10.6 Å². The number of rotatable bonds is 5. The first-order valence-electron chi connectivity index (χ1n) is 7.85. The Hall–Kier alpha value is -2.36. The molecule has 2 heterocycles. The van der Waals surface area contributed by atoms with E-state index in [0.717, 1.165) is 16.2 Å². The highest BCUT2D eigenvalue weighted by Gasteiger charge is 2.20. The highest BCUT2D eigenvalue weighted by Crippen LogP contribution is 2.29. The smallest absolute Gasteiger partial charge is 0.265 e. The van der Waals surface area contributed by atoms with Gasteiger partial charge in [-0.2, -0.15) is 0 Å². The Morgan fingerprint density at radius 1 is 1.19 bits per heavy atom. The Morgan fingerprint density at radius 3 is 2.67 bits per heavy atom. The predicted octanol–water partition coefficient (Wildman–Crippen LogP) is 4.63. The Morgan fingerprint density at radius 2 is 1.96 bits per heavy atom. The summed E-state index contributed by atoms with van der Waals surface area (Å²) in [5, 5.41) is 1.97. The largest absolute Gasteiger partial charge is 0.495 e. The van der Waals surface area contributed by atoms with Crippen LogP contribution in [-0.4, -0.2) is 24.9 Å². The minimum Gasteiger partial charge on any atom is -0.495 e. The van der Waals surface area contributed by atoms with Crippen LogP contribution in [0.4, 0.5) is 5.69 Å². The molecule has 0 radical (unpaired) electrons. The summed E-state index contributed by atoms with van der Waals surface area (Å²) in [6.07, 6.45) is 3.89. The summed E-state index contributed by atoms with van der Waals surface area (Å²) in [7, 11) is -2.35. The molecule has 0 bridgehead atoms. The number of fused-ring (bicyclic) bond motifs is 1. The molecule has 0 saturated heterocycles. The van der Waals surface area contributed by atoms with Gasteiger partial charge in [0, 0.05) is 33.5 Å². The number of nitrogens with one attached hydrogen (secondary N) is 1. The van der Waals surface area contributed by atoms with Crippen LogP contribution in [0.2, 0.25) is 0 Å². The number of sulfonamides is 1. The van der Waals surface area contributed by atoms with Gasteiger partial charge in [0.15, 0.2) is 4.96 Å². The Bertz CT molecular complexity index is 1190. The number of hydrogen-bond acceptors (Lipinski definition) is 5. The summed E-state index contributed by atoms with van der Waals surface area (Å²) in [5.74, 6) is 0.278. The van der Waals surface area contributed by atoms with Crippen molar-refractivity contribution >= 4 is 47.9 Å². The number of methoxy groups -OCH3 is 1. The molecule has 0 spiro atoms. The first-order chi connectivity index (χ1) is 13.0. The first kappa shape index (κ1) is 18.0. The molecule has 2 aromatic carbocycles. The molecule has 4 rings (SSSR count). The second kappa shape index (κ2) is 6.99. The van der Waals surface area contributed by atoms with Crippen molar-refractivity contribution in [2.24, 2.45) is 0 Å². The van der Waals surface area contributed by atoms with E-state index in [1.807, 2.05) is 34.3 Å². The molecular formula is C18H14BrN3O3S2. The molecule has 27 heavy (non-hydrogen) atoms. The van der Waals surface area contributed by atoms with E-state index < -0.39 is 10.0 Å². The van der Waals surface area contributed by atoms with Crippen molar-refractivity contribution in [3.8, 4) is 17.0 Å². The minimum atomic E-state index is -3.79. The number of nitrogens with zero attached hydrogens (tertiary/aromatic N) is 2. The Labute approximate surface area is 168 Å². The summed E-state index contributed by atoms with van der Waals surface area (Å²) >= 11 is 4.85. The average molecular weight is 464 g/mol. The van der Waals surface area contributed by atoms with Gasteiger partial charge in [-0.25, -0.2) is 13.4 Å². The lowest BCUT2D eigenvalue weighted by atomic mass is 10.1. The molecule has 0 amide bonds. The second-order valence-electron chi connectivity index (χ2n) is 5.70. The van der Waals surface area contributed by atoms with E-state index in [9.17, 15) is 8.42 Å². The van der Waals surface area contributed by atoms with E-state index in [2.05, 4.69) is 25.6 Å². The summed E-state index contributed by atoms with van der Waals surface area (Å²) in [4.78, 5) is 5.53. The SMILES string of the molecule is COc1ccc(Br)cc1S(=O)(=O)Nc1ccc(-c2cn3ccsc3n2)cc1. The van der Waals surface area contributed by atoms with Crippen molar-refractivity contribution in [3.63, 3.8) is 0 Å². The number of halogens is 1. The normalized spacial score (nSPS) is 11.6. The molecule has 0 atom stereocenters. The molecule has 0 unspecified atom stereocenters. The predicted molar refractivity (Wildman–Crippen MR) is 110 cm³/mol. The number of benzene rings is 2. The van der Waals surface area contributed by atoms with Crippen molar-refractivity contribution < 1.29 is 13.2 Å². The third-order valence-electron chi connectivity index (χ3n) is 3.94. The molecule has 1 N–H and O–H groups in total. The third kappa shape index (κ3) is 3.58. The summed E-state index contributed by atoms with van der Waals surface area (Å²) in [6, 6.07) is 11.9. The van der Waals surface area contributed by atoms with Crippen molar-refractivity contribution in [2.45, 2.75) is 4.90 Å². The summed E-state index contributed by atoms with van der Waals surface area (Å²) in [6.45, 7) is 0. The maximum atomic E-state index is 12.7. The lowest BCUT2D eigenvalue weighted by Gasteiger charge is -2.12. The number of hydrogen-bond donors (Lipinski definition) is 1. The van der Waals surface area contributed by atoms with Crippen molar-refractivity contribution in [1.29, 1.82) is 0 Å². The molecule has 138 valence electrons. The number of imidazole rings is 1. The highest BCUT2D eigenvalue weighted by molar-refractivity contribution is 9.10. The molecule has 2 aromatic heterocycles. The van der Waals surface area contributed by atoms with Gasteiger partial charge >= 0.3 is 0 Å². The first-order valence-corrected chi connectivity index (χ1v) is 11.0. The van der Waals surface area contributed by atoms with Gasteiger partial charge in [0.2, 0.25) is 0 Å². The standard InChI is InChI=1S/C18H14BrN3O3S2/c1-25-16-7-4-13(19)10-17(16)27(23,24)21-14-5-2-12(3-6-14)15-11-22-8-9-26-18(22)20-15/h2-11,21H,1H3. The monoisotopic (exact) mass is 463 g/mol. The zero-order chi connectivity index (χ0) is 19.0. The van der Waals surface area contributed by atoms with E-state index in [1.54, 1.807) is 35.6 Å². The van der Waals surface area contributed by atoms with Crippen LogP contribution in [0.5, 0.6) is 5.75 Å². The number of ether oxygens (including phenoxy) is 1. The van der Waals surface area contributed by atoms with Gasteiger partial charge in [-0.1, -0.05) is 28.1 Å². The van der Waals surface area contributed by atoms with E-state index in [4.69, 9.17) is 4.74 Å². The van der Waals surface area contributed by atoms with Crippen LogP contribution in [0, 0.1) is 0 Å². The van der Waals surface area contributed by atoms with Crippen LogP contribution in [0.1, 0.15) is 0 Å². The molecular weight excluding hydrogens is 450 g/mol. The van der Waals surface area contributed by atoms with E-state index in [1.165, 1.54) is 13.2 Å². The Kier molecular flexibility index (Phi) is 4.67. The molecule has 4 aromatic rings. The van der Waals surface area contributed by atoms with Crippen molar-refractivity contribution in [1.82, 2.24) is 9.38 Å². The van der Waals surface area contributed by atoms with E-state index in [-0.39, 0.29) is 10.6 Å². The zero-order valence-corrected chi connectivity index (χ0v) is 17.3. The van der Waals surface area contributed by atoms with Crippen molar-refractivity contribution in [2.75, 3.05) is 11.8 Å². The fourth-order valence-electron chi connectivity index (χ4n) is 2.65. The fraction of sp³-hybridized carbons (Fsp3) is 0.0556. The van der Waals surface area contributed by atoms with Crippen LogP contribution in [0.25, 0.3) is 16.2 Å². The molecule has 6 nitrogen and oxygen atoms in total. The van der Waals surface area contributed by atoms with Crippen LogP contribution in [0.3, 0.4) is 0 Å². The summed E-state index contributed by atoms with van der Waals surface area (Å²) in [5.41, 5.74) is 2.21. The number of aromatic nitrogens is 2. The quantitative estimate of drug-likeness (QED) is 0.467. The Balaban J connectivity index is 1.61. The molecule has 0 saturated carbocycles. The molecule has 0 aliphatic heterocycles. The van der Waals surface area contributed by atoms with Gasteiger partial charge in [0.05, 0.1) is 12.8 Å². The second-order valence-corrected chi connectivity index (χ2v) is 9.14. The maximum Gasteiger partial charge on any atom is 0.265 e. The van der Waals surface area contributed by atoms with Crippen molar-refractivity contribution in [3.05, 3.63) is 64.7 Å². The highest BCUT2D eigenvalue weighted by atomic mass is 79.9. The van der Waals surface area contributed by atoms with Gasteiger partial charge in [-0.3, -0.25) is 9.12 Å². The zero-order valence-electron chi connectivity index (χ0n) is 14.1.